The third-order valence-electron chi connectivity index (χ3n) is 2.22. The SMILES string of the molecule is CCOC(=O)c1noc(-c2cc(C)nnc2C)n1. The highest BCUT2D eigenvalue weighted by atomic mass is 16.5. The van der Waals surface area contributed by atoms with Gasteiger partial charge in [0, 0.05) is 0 Å². The molecule has 2 heterocycles. The molecule has 0 amide bonds. The minimum atomic E-state index is -0.608. The Kier molecular flexibility index (Phi) is 3.31. The van der Waals surface area contributed by atoms with Crippen molar-refractivity contribution in [2.24, 2.45) is 0 Å². The third kappa shape index (κ3) is 2.34. The van der Waals surface area contributed by atoms with Crippen LogP contribution in [0.25, 0.3) is 11.5 Å². The number of carbonyl (C=O) groups is 1. The van der Waals surface area contributed by atoms with Gasteiger partial charge in [0.05, 0.1) is 23.6 Å². The summed E-state index contributed by atoms with van der Waals surface area (Å²) in [7, 11) is 0. The van der Waals surface area contributed by atoms with Crippen molar-refractivity contribution in [2.45, 2.75) is 20.8 Å². The van der Waals surface area contributed by atoms with Crippen LogP contribution in [0.2, 0.25) is 0 Å². The van der Waals surface area contributed by atoms with Gasteiger partial charge >= 0.3 is 5.97 Å². The Morgan fingerprint density at radius 3 is 2.89 bits per heavy atom. The molecule has 0 aliphatic heterocycles. The Morgan fingerprint density at radius 2 is 2.17 bits per heavy atom. The van der Waals surface area contributed by atoms with Gasteiger partial charge in [0.15, 0.2) is 0 Å². The molecule has 0 N–H and O–H groups in total. The van der Waals surface area contributed by atoms with Crippen LogP contribution in [-0.2, 0) is 4.74 Å². The maximum Gasteiger partial charge on any atom is 0.379 e. The average Bonchev–Trinajstić information content (AvgIpc) is 2.82. The van der Waals surface area contributed by atoms with E-state index in [0.717, 1.165) is 5.69 Å². The minimum absolute atomic E-state index is 0.0966. The van der Waals surface area contributed by atoms with Crippen LogP contribution in [0.15, 0.2) is 10.6 Å². The van der Waals surface area contributed by atoms with Crippen LogP contribution < -0.4 is 0 Å². The first kappa shape index (κ1) is 12.2. The lowest BCUT2D eigenvalue weighted by atomic mass is 10.2. The van der Waals surface area contributed by atoms with Gasteiger partial charge in [0.25, 0.3) is 11.7 Å². The monoisotopic (exact) mass is 248 g/mol. The first-order valence-electron chi connectivity index (χ1n) is 5.44. The largest absolute Gasteiger partial charge is 0.460 e. The summed E-state index contributed by atoms with van der Waals surface area (Å²) in [5, 5.41) is 11.4. The number of rotatable bonds is 3. The summed E-state index contributed by atoms with van der Waals surface area (Å²) in [5.41, 5.74) is 2.04. The molecule has 0 unspecified atom stereocenters. The summed E-state index contributed by atoms with van der Waals surface area (Å²) in [6, 6.07) is 1.77. The van der Waals surface area contributed by atoms with E-state index in [1.54, 1.807) is 26.8 Å². The highest BCUT2D eigenvalue weighted by Gasteiger charge is 2.18. The van der Waals surface area contributed by atoms with Gasteiger partial charge in [-0.05, 0) is 32.0 Å². The zero-order valence-electron chi connectivity index (χ0n) is 10.3. The molecule has 2 aromatic heterocycles. The van der Waals surface area contributed by atoms with E-state index in [1.807, 2.05) is 0 Å². The van der Waals surface area contributed by atoms with Crippen molar-refractivity contribution in [2.75, 3.05) is 6.61 Å². The summed E-state index contributed by atoms with van der Waals surface area (Å²) >= 11 is 0. The van der Waals surface area contributed by atoms with Crippen molar-refractivity contribution in [3.63, 3.8) is 0 Å². The Labute approximate surface area is 103 Å². The maximum absolute atomic E-state index is 11.4. The van der Waals surface area contributed by atoms with Crippen molar-refractivity contribution in [3.05, 3.63) is 23.3 Å². The van der Waals surface area contributed by atoms with Crippen LogP contribution in [0.1, 0.15) is 28.9 Å². The zero-order valence-corrected chi connectivity index (χ0v) is 10.3. The number of hydrogen-bond donors (Lipinski definition) is 0. The molecule has 7 heteroatoms. The van der Waals surface area contributed by atoms with Crippen LogP contribution in [0.3, 0.4) is 0 Å². The number of carbonyl (C=O) groups excluding carboxylic acids is 1. The van der Waals surface area contributed by atoms with Gasteiger partial charge in [0.1, 0.15) is 0 Å². The zero-order chi connectivity index (χ0) is 13.1. The van der Waals surface area contributed by atoms with Crippen molar-refractivity contribution in [1.29, 1.82) is 0 Å². The molecule has 18 heavy (non-hydrogen) atoms. The molecule has 0 atom stereocenters. The number of aryl methyl sites for hydroxylation is 2. The number of aromatic nitrogens is 4. The summed E-state index contributed by atoms with van der Waals surface area (Å²) in [6.45, 7) is 5.55. The van der Waals surface area contributed by atoms with Gasteiger partial charge in [-0.25, -0.2) is 4.79 Å². The Hall–Kier alpha value is -2.31. The first-order chi connectivity index (χ1) is 8.61. The Bertz CT molecular complexity index is 579. The molecule has 0 radical (unpaired) electrons. The molecule has 0 bridgehead atoms. The molecule has 0 aromatic carbocycles. The Balaban J connectivity index is 2.35. The fourth-order valence-corrected chi connectivity index (χ4v) is 1.38. The van der Waals surface area contributed by atoms with Gasteiger partial charge in [0.2, 0.25) is 0 Å². The summed E-state index contributed by atoms with van der Waals surface area (Å²) < 4.78 is 9.80. The molecule has 0 spiro atoms. The van der Waals surface area contributed by atoms with E-state index in [1.165, 1.54) is 0 Å². The molecule has 94 valence electrons. The fourth-order valence-electron chi connectivity index (χ4n) is 1.38. The van der Waals surface area contributed by atoms with Crippen molar-refractivity contribution in [3.8, 4) is 11.5 Å². The van der Waals surface area contributed by atoms with E-state index in [2.05, 4.69) is 20.3 Å². The van der Waals surface area contributed by atoms with Crippen LogP contribution in [-0.4, -0.2) is 32.9 Å². The average molecular weight is 248 g/mol. The lowest BCUT2D eigenvalue weighted by Crippen LogP contribution is -2.06. The van der Waals surface area contributed by atoms with Crippen LogP contribution in [0, 0.1) is 13.8 Å². The standard InChI is InChI=1S/C11H12N4O3/c1-4-17-11(16)9-12-10(18-15-9)8-5-6(2)13-14-7(8)3/h5H,4H2,1-3H3. The summed E-state index contributed by atoms with van der Waals surface area (Å²) in [5.74, 6) is -0.474. The van der Waals surface area contributed by atoms with Crippen molar-refractivity contribution in [1.82, 2.24) is 20.3 Å². The third-order valence-corrected chi connectivity index (χ3v) is 2.22. The molecular weight excluding hydrogens is 236 g/mol. The topological polar surface area (TPSA) is 91.0 Å². The second-order valence-electron chi connectivity index (χ2n) is 3.63. The van der Waals surface area contributed by atoms with E-state index >= 15 is 0 Å². The number of ether oxygens (including phenoxy) is 1. The molecule has 0 aliphatic carbocycles. The van der Waals surface area contributed by atoms with Gasteiger partial charge in [-0.15, -0.1) is 0 Å². The molecule has 7 nitrogen and oxygen atoms in total. The van der Waals surface area contributed by atoms with Gasteiger partial charge < -0.3 is 9.26 Å². The molecule has 0 saturated carbocycles. The van der Waals surface area contributed by atoms with Gasteiger partial charge in [-0.3, -0.25) is 0 Å². The van der Waals surface area contributed by atoms with Crippen LogP contribution >= 0.6 is 0 Å². The minimum Gasteiger partial charge on any atom is -0.460 e. The van der Waals surface area contributed by atoms with Crippen molar-refractivity contribution < 1.29 is 14.1 Å². The quantitative estimate of drug-likeness (QED) is 0.756. The lowest BCUT2D eigenvalue weighted by Gasteiger charge is -1.99. The van der Waals surface area contributed by atoms with Gasteiger partial charge in [-0.2, -0.15) is 15.2 Å². The highest BCUT2D eigenvalue weighted by Crippen LogP contribution is 2.20. The predicted molar refractivity (Wildman–Crippen MR) is 60.8 cm³/mol. The van der Waals surface area contributed by atoms with Crippen LogP contribution in [0.4, 0.5) is 0 Å². The lowest BCUT2D eigenvalue weighted by molar-refractivity contribution is 0.0508. The van der Waals surface area contributed by atoms with E-state index in [9.17, 15) is 4.79 Å². The molecule has 0 aliphatic rings. The van der Waals surface area contributed by atoms with E-state index in [4.69, 9.17) is 9.26 Å². The van der Waals surface area contributed by atoms with E-state index in [0.29, 0.717) is 11.3 Å². The molecule has 2 aromatic rings. The number of hydrogen-bond acceptors (Lipinski definition) is 7. The first-order valence-corrected chi connectivity index (χ1v) is 5.44. The maximum atomic E-state index is 11.4. The normalized spacial score (nSPS) is 10.4. The summed E-state index contributed by atoms with van der Waals surface area (Å²) in [4.78, 5) is 15.4. The van der Waals surface area contributed by atoms with Crippen LogP contribution in [0.5, 0.6) is 0 Å². The predicted octanol–water partition coefficient (Wildman–Crippen LogP) is 1.32. The molecule has 0 fully saturated rings. The number of nitrogens with zero attached hydrogens (tertiary/aromatic N) is 4. The van der Waals surface area contributed by atoms with Crippen molar-refractivity contribution >= 4 is 5.97 Å². The Morgan fingerprint density at radius 1 is 1.39 bits per heavy atom. The van der Waals surface area contributed by atoms with E-state index in [-0.39, 0.29) is 18.3 Å². The molecule has 2 rings (SSSR count). The molecule has 0 saturated heterocycles. The fraction of sp³-hybridized carbons (Fsp3) is 0.364. The smallest absolute Gasteiger partial charge is 0.379 e. The molecular formula is C11H12N4O3. The summed E-state index contributed by atoms with van der Waals surface area (Å²) in [6.07, 6.45) is 0. The second kappa shape index (κ2) is 4.91. The van der Waals surface area contributed by atoms with E-state index < -0.39 is 5.97 Å². The van der Waals surface area contributed by atoms with Gasteiger partial charge in [-0.1, -0.05) is 0 Å². The second-order valence-corrected chi connectivity index (χ2v) is 3.63. The highest BCUT2D eigenvalue weighted by molar-refractivity contribution is 5.85. The number of esters is 1.